The number of nitrogens with zero attached hydrogens (tertiary/aromatic N) is 4. The topological polar surface area (TPSA) is 87.9 Å². The van der Waals surface area contributed by atoms with Gasteiger partial charge in [0, 0.05) is 46.0 Å². The lowest BCUT2D eigenvalue weighted by Gasteiger charge is -2.33. The van der Waals surface area contributed by atoms with Crippen LogP contribution in [0.3, 0.4) is 0 Å². The van der Waals surface area contributed by atoms with Crippen molar-refractivity contribution in [1.82, 2.24) is 19.0 Å². The average Bonchev–Trinajstić information content (AvgIpc) is 3.03. The molecule has 1 aromatic rings. The van der Waals surface area contributed by atoms with Gasteiger partial charge in [-0.05, 0) is 13.3 Å². The normalized spacial score (nSPS) is 27.6. The van der Waals surface area contributed by atoms with E-state index in [1.807, 2.05) is 0 Å². The van der Waals surface area contributed by atoms with Gasteiger partial charge in [0.05, 0.1) is 24.5 Å². The van der Waals surface area contributed by atoms with Crippen LogP contribution in [0.1, 0.15) is 12.1 Å². The summed E-state index contributed by atoms with van der Waals surface area (Å²) in [6, 6.07) is 0. The third-order valence-electron chi connectivity index (χ3n) is 4.51. The highest BCUT2D eigenvalue weighted by atomic mass is 32.2. The van der Waals surface area contributed by atoms with Crippen LogP contribution in [0, 0.1) is 6.92 Å². The third-order valence-corrected chi connectivity index (χ3v) is 6.45. The largest absolute Gasteiger partial charge is 0.387 e. The number of hydrogen-bond acceptors (Lipinski definition) is 6. The highest BCUT2D eigenvalue weighted by Crippen LogP contribution is 2.29. The predicted molar refractivity (Wildman–Crippen MR) is 83.5 cm³/mol. The lowest BCUT2D eigenvalue weighted by atomic mass is 10.0. The first-order valence-electron chi connectivity index (χ1n) is 7.83. The maximum Gasteiger partial charge on any atom is 0.246 e. The van der Waals surface area contributed by atoms with Crippen molar-refractivity contribution in [1.29, 1.82) is 0 Å². The average molecular weight is 344 g/mol. The Hall–Kier alpha value is -1.00. The molecule has 1 aromatic heterocycles. The number of sulfonamides is 1. The molecule has 3 rings (SSSR count). The molecule has 0 saturated carbocycles. The Morgan fingerprint density at radius 2 is 2.04 bits per heavy atom. The minimum Gasteiger partial charge on any atom is -0.387 e. The Bertz CT molecular complexity index is 668. The van der Waals surface area contributed by atoms with Crippen LogP contribution in [0.25, 0.3) is 0 Å². The van der Waals surface area contributed by atoms with E-state index in [-0.39, 0.29) is 11.4 Å². The maximum atomic E-state index is 12.8. The van der Waals surface area contributed by atoms with Crippen LogP contribution in [0.5, 0.6) is 0 Å². The van der Waals surface area contributed by atoms with Crippen molar-refractivity contribution in [3.63, 3.8) is 0 Å². The Morgan fingerprint density at radius 3 is 2.65 bits per heavy atom. The van der Waals surface area contributed by atoms with Gasteiger partial charge in [-0.1, -0.05) is 0 Å². The van der Waals surface area contributed by atoms with Crippen LogP contribution in [0.2, 0.25) is 0 Å². The van der Waals surface area contributed by atoms with Gasteiger partial charge in [0.15, 0.2) is 0 Å². The molecule has 0 aromatic carbocycles. The number of β-amino-alcohol motifs (C(OH)–C–C–N with tert-alkyl or cyclic N) is 1. The summed E-state index contributed by atoms with van der Waals surface area (Å²) >= 11 is 0. The molecule has 9 heteroatoms. The van der Waals surface area contributed by atoms with E-state index in [0.717, 1.165) is 13.1 Å². The summed E-state index contributed by atoms with van der Waals surface area (Å²) in [5.74, 6) is 0. The van der Waals surface area contributed by atoms with Crippen LogP contribution in [0.15, 0.2) is 11.1 Å². The van der Waals surface area contributed by atoms with Crippen LogP contribution in [-0.2, 0) is 21.8 Å². The maximum absolute atomic E-state index is 12.8. The van der Waals surface area contributed by atoms with Gasteiger partial charge in [-0.25, -0.2) is 8.42 Å². The molecule has 2 aliphatic rings. The number of aliphatic hydroxyl groups is 1. The molecule has 0 radical (unpaired) electrons. The van der Waals surface area contributed by atoms with E-state index in [1.54, 1.807) is 14.0 Å². The molecule has 0 aliphatic carbocycles. The quantitative estimate of drug-likeness (QED) is 0.768. The summed E-state index contributed by atoms with van der Waals surface area (Å²) in [6.07, 6.45) is 1.97. The summed E-state index contributed by atoms with van der Waals surface area (Å²) in [6.45, 7) is 5.49. The zero-order valence-electron chi connectivity index (χ0n) is 13.6. The predicted octanol–water partition coefficient (Wildman–Crippen LogP) is -0.814. The molecule has 0 unspecified atom stereocenters. The summed E-state index contributed by atoms with van der Waals surface area (Å²) in [5, 5.41) is 14.9. The van der Waals surface area contributed by atoms with Crippen LogP contribution >= 0.6 is 0 Å². The molecule has 0 spiro atoms. The zero-order valence-corrected chi connectivity index (χ0v) is 14.4. The second-order valence-corrected chi connectivity index (χ2v) is 8.36. The highest BCUT2D eigenvalue weighted by Gasteiger charge is 2.43. The lowest BCUT2D eigenvalue weighted by Crippen LogP contribution is -2.49. The number of aromatic nitrogens is 2. The van der Waals surface area contributed by atoms with Crippen LogP contribution in [0.4, 0.5) is 0 Å². The van der Waals surface area contributed by atoms with E-state index < -0.39 is 15.6 Å². The molecule has 130 valence electrons. The van der Waals surface area contributed by atoms with Gasteiger partial charge in [-0.3, -0.25) is 9.58 Å². The van der Waals surface area contributed by atoms with Crippen LogP contribution in [-0.4, -0.2) is 84.0 Å². The number of hydrogen-bond donors (Lipinski definition) is 1. The standard InChI is InChI=1S/C14H24N4O4S/c1-12-13(9-16(2)15-12)23(20,21)18-4-3-14(19,11-18)10-17-5-7-22-8-6-17/h9,19H,3-8,10-11H2,1-2H3/t14-/m0/s1. The van der Waals surface area contributed by atoms with Crippen molar-refractivity contribution in [2.75, 3.05) is 45.9 Å². The fourth-order valence-corrected chi connectivity index (χ4v) is 5.02. The van der Waals surface area contributed by atoms with E-state index in [0.29, 0.717) is 38.4 Å². The van der Waals surface area contributed by atoms with Gasteiger partial charge < -0.3 is 9.84 Å². The minimum atomic E-state index is -3.61. The van der Waals surface area contributed by atoms with Crippen molar-refractivity contribution >= 4 is 10.0 Å². The highest BCUT2D eigenvalue weighted by molar-refractivity contribution is 7.89. The van der Waals surface area contributed by atoms with Crippen molar-refractivity contribution in [2.24, 2.45) is 7.05 Å². The van der Waals surface area contributed by atoms with Crippen molar-refractivity contribution in [2.45, 2.75) is 23.8 Å². The first kappa shape index (κ1) is 16.8. The molecule has 1 N–H and O–H groups in total. The molecule has 0 amide bonds. The molecule has 2 fully saturated rings. The molecule has 0 bridgehead atoms. The van der Waals surface area contributed by atoms with E-state index in [1.165, 1.54) is 15.2 Å². The molecule has 2 saturated heterocycles. The van der Waals surface area contributed by atoms with E-state index in [4.69, 9.17) is 4.74 Å². The zero-order chi connectivity index (χ0) is 16.7. The van der Waals surface area contributed by atoms with Crippen molar-refractivity contribution < 1.29 is 18.3 Å². The van der Waals surface area contributed by atoms with Crippen molar-refractivity contribution in [3.05, 3.63) is 11.9 Å². The second kappa shape index (κ2) is 6.14. The van der Waals surface area contributed by atoms with Gasteiger partial charge in [0.25, 0.3) is 0 Å². The number of rotatable bonds is 4. The van der Waals surface area contributed by atoms with Gasteiger partial charge in [-0.2, -0.15) is 9.40 Å². The fraction of sp³-hybridized carbons (Fsp3) is 0.786. The Kier molecular flexibility index (Phi) is 4.49. The molecule has 1 atom stereocenters. The summed E-state index contributed by atoms with van der Waals surface area (Å²) in [4.78, 5) is 2.35. The van der Waals surface area contributed by atoms with E-state index in [2.05, 4.69) is 10.00 Å². The summed E-state index contributed by atoms with van der Waals surface area (Å²) in [7, 11) is -1.91. The molecular formula is C14H24N4O4S. The minimum absolute atomic E-state index is 0.126. The van der Waals surface area contributed by atoms with Gasteiger partial charge in [0.1, 0.15) is 4.90 Å². The second-order valence-electron chi connectivity index (χ2n) is 6.45. The van der Waals surface area contributed by atoms with E-state index >= 15 is 0 Å². The number of morpholine rings is 1. The van der Waals surface area contributed by atoms with E-state index in [9.17, 15) is 13.5 Å². The van der Waals surface area contributed by atoms with Crippen molar-refractivity contribution in [3.8, 4) is 0 Å². The SMILES string of the molecule is Cc1nn(C)cc1S(=O)(=O)N1CC[C@](O)(CN2CCOCC2)C1. The molecular weight excluding hydrogens is 320 g/mol. The first-order valence-corrected chi connectivity index (χ1v) is 9.27. The Labute approximate surface area is 136 Å². The number of aryl methyl sites for hydroxylation is 2. The van der Waals surface area contributed by atoms with Gasteiger partial charge in [-0.15, -0.1) is 0 Å². The molecule has 8 nitrogen and oxygen atoms in total. The fourth-order valence-electron chi connectivity index (χ4n) is 3.30. The molecule has 23 heavy (non-hydrogen) atoms. The lowest BCUT2D eigenvalue weighted by molar-refractivity contribution is -0.0239. The Morgan fingerprint density at radius 1 is 1.35 bits per heavy atom. The first-order chi connectivity index (χ1) is 10.8. The van der Waals surface area contributed by atoms with Crippen LogP contribution < -0.4 is 0 Å². The van der Waals surface area contributed by atoms with Gasteiger partial charge in [0.2, 0.25) is 10.0 Å². The summed E-state index contributed by atoms with van der Waals surface area (Å²) < 4.78 is 33.7. The smallest absolute Gasteiger partial charge is 0.246 e. The number of ether oxygens (including phenoxy) is 1. The molecule has 3 heterocycles. The Balaban J connectivity index is 1.72. The third kappa shape index (κ3) is 3.43. The molecule has 2 aliphatic heterocycles. The monoisotopic (exact) mass is 344 g/mol. The van der Waals surface area contributed by atoms with Gasteiger partial charge >= 0.3 is 0 Å². The summed E-state index contributed by atoms with van der Waals surface area (Å²) in [5.41, 5.74) is -0.517.